The summed E-state index contributed by atoms with van der Waals surface area (Å²) in [5.41, 5.74) is 1.67. The minimum Gasteiger partial charge on any atom is -0.370 e. The smallest absolute Gasteiger partial charge is 0.270 e. The molecule has 0 unspecified atom stereocenters. The summed E-state index contributed by atoms with van der Waals surface area (Å²) in [5.74, 6) is -0.0523. The number of pyridine rings is 1. The van der Waals surface area contributed by atoms with Gasteiger partial charge in [0.05, 0.1) is 0 Å². The summed E-state index contributed by atoms with van der Waals surface area (Å²) in [4.78, 5) is 13.5. The molecule has 2 aromatic rings. The number of carbonyl (C=O) groups is 1. The van der Waals surface area contributed by atoms with E-state index in [1.165, 1.54) is 0 Å². The maximum atomic E-state index is 13.0. The highest BCUT2D eigenvalue weighted by atomic mass is 79.9. The number of thiocarbonyl (C=S) groups is 1. The van der Waals surface area contributed by atoms with Crippen LogP contribution < -0.4 is 9.88 Å². The van der Waals surface area contributed by atoms with E-state index >= 15 is 0 Å². The molecule has 0 saturated heterocycles. The summed E-state index contributed by atoms with van der Waals surface area (Å²) in [6.07, 6.45) is 5.49. The van der Waals surface area contributed by atoms with Crippen molar-refractivity contribution >= 4 is 38.9 Å². The minimum atomic E-state index is -0.584. The largest absolute Gasteiger partial charge is 0.370 e. The molecular weight excluding hydrogens is 372 g/mol. The Balaban J connectivity index is 2.42. The van der Waals surface area contributed by atoms with Gasteiger partial charge in [-0.15, -0.1) is 6.58 Å². The highest BCUT2D eigenvalue weighted by molar-refractivity contribution is 9.10. The third kappa shape index (κ3) is 4.56. The molecule has 0 aliphatic heterocycles. The lowest BCUT2D eigenvalue weighted by Crippen LogP contribution is -2.51. The number of aryl methyl sites for hydroxylation is 1. The lowest BCUT2D eigenvalue weighted by atomic mass is 10.0. The molecule has 118 valence electrons. The summed E-state index contributed by atoms with van der Waals surface area (Å²) >= 11 is 8.87. The van der Waals surface area contributed by atoms with Crippen molar-refractivity contribution in [2.75, 3.05) is 6.54 Å². The predicted molar refractivity (Wildman–Crippen MR) is 99.7 cm³/mol. The Bertz CT molecular complexity index is 745. The predicted octanol–water partition coefficient (Wildman–Crippen LogP) is 3.57. The molecule has 3 nitrogen and oxygen atoms in total. The number of rotatable bonds is 6. The molecule has 1 aromatic carbocycles. The molecule has 0 fully saturated rings. The van der Waals surface area contributed by atoms with Crippen LogP contribution in [0.4, 0.5) is 0 Å². The highest BCUT2D eigenvalue weighted by Crippen LogP contribution is 2.16. The molecule has 0 radical (unpaired) electrons. The fourth-order valence-corrected chi connectivity index (χ4v) is 2.95. The number of nitrogens with zero attached hydrogens (tertiary/aromatic N) is 1. The normalized spacial score (nSPS) is 11.6. The zero-order valence-electron chi connectivity index (χ0n) is 12.8. The van der Waals surface area contributed by atoms with Crippen molar-refractivity contribution < 1.29 is 9.36 Å². The standard InChI is InChI=1S/C18H17BrN2OS/c1-3-9-20-18(23)16(21-10-5-6-13(2)12-21)17(22)14-7-4-8-15(19)11-14/h3-8,10-12,16H,1,9H2,2H3/p+1/t16-/m1/s1. The fraction of sp³-hybridized carbons (Fsp3) is 0.167. The van der Waals surface area contributed by atoms with Gasteiger partial charge in [0.2, 0.25) is 5.78 Å². The zero-order chi connectivity index (χ0) is 16.8. The summed E-state index contributed by atoms with van der Waals surface area (Å²) in [6.45, 7) is 6.18. The average Bonchev–Trinajstić information content (AvgIpc) is 2.53. The molecule has 1 atom stereocenters. The van der Waals surface area contributed by atoms with Gasteiger partial charge in [0.15, 0.2) is 17.4 Å². The van der Waals surface area contributed by atoms with Gasteiger partial charge in [-0.25, -0.2) is 0 Å². The Morgan fingerprint density at radius 3 is 2.87 bits per heavy atom. The van der Waals surface area contributed by atoms with E-state index in [0.29, 0.717) is 17.1 Å². The Labute approximate surface area is 150 Å². The molecule has 1 N–H and O–H groups in total. The van der Waals surface area contributed by atoms with Crippen LogP contribution in [0.15, 0.2) is 65.9 Å². The Kier molecular flexibility index (Phi) is 6.19. The number of Topliss-reactive ketones (excluding diaryl/α,β-unsaturated/α-hetero) is 1. The Morgan fingerprint density at radius 1 is 1.43 bits per heavy atom. The van der Waals surface area contributed by atoms with Crippen molar-refractivity contribution in [2.45, 2.75) is 13.0 Å². The third-order valence-electron chi connectivity index (χ3n) is 3.29. The number of benzene rings is 1. The first kappa shape index (κ1) is 17.5. The van der Waals surface area contributed by atoms with Crippen molar-refractivity contribution in [1.29, 1.82) is 0 Å². The quantitative estimate of drug-likeness (QED) is 0.354. The second-order valence-electron chi connectivity index (χ2n) is 5.14. The summed E-state index contributed by atoms with van der Waals surface area (Å²) in [7, 11) is 0. The van der Waals surface area contributed by atoms with Crippen LogP contribution >= 0.6 is 28.1 Å². The molecule has 1 aromatic heterocycles. The maximum absolute atomic E-state index is 13.0. The highest BCUT2D eigenvalue weighted by Gasteiger charge is 2.33. The van der Waals surface area contributed by atoms with E-state index in [-0.39, 0.29) is 5.78 Å². The molecule has 0 spiro atoms. The van der Waals surface area contributed by atoms with Gasteiger partial charge in [-0.05, 0) is 25.1 Å². The van der Waals surface area contributed by atoms with E-state index in [4.69, 9.17) is 12.2 Å². The number of hydrogen-bond donors (Lipinski definition) is 1. The van der Waals surface area contributed by atoms with Crippen molar-refractivity contribution in [2.24, 2.45) is 0 Å². The van der Waals surface area contributed by atoms with Crippen LogP contribution in [0.5, 0.6) is 0 Å². The van der Waals surface area contributed by atoms with Gasteiger partial charge < -0.3 is 5.32 Å². The lowest BCUT2D eigenvalue weighted by molar-refractivity contribution is -0.692. The van der Waals surface area contributed by atoms with Crippen molar-refractivity contribution in [3.63, 3.8) is 0 Å². The van der Waals surface area contributed by atoms with Crippen LogP contribution in [0.1, 0.15) is 22.0 Å². The molecule has 23 heavy (non-hydrogen) atoms. The number of halogens is 1. The molecular formula is C18H18BrN2OS+. The zero-order valence-corrected chi connectivity index (χ0v) is 15.2. The number of carbonyl (C=O) groups excluding carboxylic acids is 1. The van der Waals surface area contributed by atoms with Crippen LogP contribution in [0.3, 0.4) is 0 Å². The van der Waals surface area contributed by atoms with E-state index in [1.807, 2.05) is 54.2 Å². The van der Waals surface area contributed by atoms with E-state index in [2.05, 4.69) is 27.8 Å². The molecule has 1 heterocycles. The molecule has 5 heteroatoms. The number of hydrogen-bond acceptors (Lipinski definition) is 2. The van der Waals surface area contributed by atoms with Crippen LogP contribution in [0, 0.1) is 6.92 Å². The van der Waals surface area contributed by atoms with Crippen LogP contribution in [-0.4, -0.2) is 17.3 Å². The molecule has 0 amide bonds. The second kappa shape index (κ2) is 8.13. The monoisotopic (exact) mass is 389 g/mol. The summed E-state index contributed by atoms with van der Waals surface area (Å²) in [5, 5.41) is 3.08. The van der Waals surface area contributed by atoms with Gasteiger partial charge >= 0.3 is 0 Å². The number of ketones is 1. The van der Waals surface area contributed by atoms with Gasteiger partial charge in [-0.2, -0.15) is 4.57 Å². The van der Waals surface area contributed by atoms with Crippen molar-refractivity contribution in [3.8, 4) is 0 Å². The first-order chi connectivity index (χ1) is 11.0. The first-order valence-corrected chi connectivity index (χ1v) is 8.39. The molecule has 0 saturated carbocycles. The summed E-state index contributed by atoms with van der Waals surface area (Å²) in [6, 6.07) is 10.6. The van der Waals surface area contributed by atoms with Crippen LogP contribution in [0.2, 0.25) is 0 Å². The van der Waals surface area contributed by atoms with E-state index in [0.717, 1.165) is 10.0 Å². The Hall–Kier alpha value is -1.85. The fourth-order valence-electron chi connectivity index (χ4n) is 2.23. The van der Waals surface area contributed by atoms with E-state index < -0.39 is 6.04 Å². The average molecular weight is 390 g/mol. The molecule has 0 aliphatic carbocycles. The van der Waals surface area contributed by atoms with Gasteiger partial charge in [0.25, 0.3) is 6.04 Å². The Morgan fingerprint density at radius 2 is 2.22 bits per heavy atom. The minimum absolute atomic E-state index is 0.0523. The van der Waals surface area contributed by atoms with Gasteiger partial charge in [-0.1, -0.05) is 46.4 Å². The SMILES string of the molecule is C=CCNC(=S)[C@@H](C(=O)c1cccc(Br)c1)[n+]1cccc(C)c1. The van der Waals surface area contributed by atoms with Crippen LogP contribution in [0.25, 0.3) is 0 Å². The van der Waals surface area contributed by atoms with Crippen molar-refractivity contribution in [1.82, 2.24) is 5.32 Å². The first-order valence-electron chi connectivity index (χ1n) is 7.18. The molecule has 2 rings (SSSR count). The lowest BCUT2D eigenvalue weighted by Gasteiger charge is -2.14. The van der Waals surface area contributed by atoms with Crippen LogP contribution in [-0.2, 0) is 0 Å². The third-order valence-corrected chi connectivity index (χ3v) is 4.16. The van der Waals surface area contributed by atoms with Gasteiger partial charge in [-0.3, -0.25) is 4.79 Å². The van der Waals surface area contributed by atoms with Gasteiger partial charge in [0.1, 0.15) is 0 Å². The van der Waals surface area contributed by atoms with Gasteiger partial charge in [0, 0.05) is 28.2 Å². The topological polar surface area (TPSA) is 33.0 Å². The van der Waals surface area contributed by atoms with E-state index in [9.17, 15) is 4.79 Å². The number of aromatic nitrogens is 1. The maximum Gasteiger partial charge on any atom is 0.270 e. The summed E-state index contributed by atoms with van der Waals surface area (Å²) < 4.78 is 2.71. The number of nitrogens with one attached hydrogen (secondary N) is 1. The van der Waals surface area contributed by atoms with Crippen molar-refractivity contribution in [3.05, 3.63) is 77.0 Å². The van der Waals surface area contributed by atoms with E-state index in [1.54, 1.807) is 12.1 Å². The molecule has 0 bridgehead atoms. The second-order valence-corrected chi connectivity index (χ2v) is 6.49. The molecule has 0 aliphatic rings.